The minimum atomic E-state index is 0. The second-order valence-corrected chi connectivity index (χ2v) is 6.97. The van der Waals surface area contributed by atoms with E-state index in [1.165, 1.54) is 11.3 Å². The molecule has 0 saturated carbocycles. The number of aromatic amines is 1. The normalized spacial score (nSPS) is 12.7. The molecule has 0 bridgehead atoms. The van der Waals surface area contributed by atoms with Gasteiger partial charge in [0.05, 0.1) is 16.7 Å². The molecule has 2 heterocycles. The van der Waals surface area contributed by atoms with Gasteiger partial charge in [-0.1, -0.05) is 12.1 Å². The molecule has 0 radical (unpaired) electrons. The van der Waals surface area contributed by atoms with Crippen molar-refractivity contribution in [3.8, 4) is 0 Å². The van der Waals surface area contributed by atoms with Gasteiger partial charge in [0.2, 0.25) is 0 Å². The summed E-state index contributed by atoms with van der Waals surface area (Å²) in [5.74, 6) is 1.78. The summed E-state index contributed by atoms with van der Waals surface area (Å²) in [6, 6.07) is 8.34. The third-order valence-corrected chi connectivity index (χ3v) is 4.87. The minimum Gasteiger partial charge on any atom is -0.356 e. The number of fused-ring (bicyclic) bond motifs is 1. The van der Waals surface area contributed by atoms with Gasteiger partial charge >= 0.3 is 0 Å². The lowest BCUT2D eigenvalue weighted by Gasteiger charge is -2.18. The van der Waals surface area contributed by atoms with Crippen LogP contribution in [-0.4, -0.2) is 45.3 Å². The zero-order chi connectivity index (χ0) is 19.4. The predicted octanol–water partition coefficient (Wildman–Crippen LogP) is 2.87. The van der Waals surface area contributed by atoms with E-state index < -0.39 is 0 Å². The van der Waals surface area contributed by atoms with Crippen molar-refractivity contribution in [1.82, 2.24) is 30.4 Å². The molecule has 28 heavy (non-hydrogen) atoms. The van der Waals surface area contributed by atoms with Crippen LogP contribution in [0.1, 0.15) is 29.7 Å². The first kappa shape index (κ1) is 22.2. The van der Waals surface area contributed by atoms with E-state index in [1.54, 1.807) is 7.05 Å². The number of benzene rings is 1. The van der Waals surface area contributed by atoms with Crippen molar-refractivity contribution in [3.63, 3.8) is 0 Å². The third-order valence-electron chi connectivity index (χ3n) is 4.87. The Morgan fingerprint density at radius 3 is 2.68 bits per heavy atom. The first-order valence-electron chi connectivity index (χ1n) is 9.37. The molecule has 3 aromatic rings. The lowest BCUT2D eigenvalue weighted by atomic mass is 10.1. The summed E-state index contributed by atoms with van der Waals surface area (Å²) in [5.41, 5.74) is 5.69. The van der Waals surface area contributed by atoms with Gasteiger partial charge in [0, 0.05) is 38.8 Å². The number of H-pyrrole nitrogens is 1. The number of imidazole rings is 1. The molecule has 0 aliphatic heterocycles. The average Bonchev–Trinajstić information content (AvgIpc) is 3.16. The van der Waals surface area contributed by atoms with Crippen molar-refractivity contribution in [2.24, 2.45) is 12.0 Å². The van der Waals surface area contributed by atoms with Gasteiger partial charge in [0.25, 0.3) is 0 Å². The Balaban J connectivity index is 0.00000280. The monoisotopic (exact) mass is 495 g/mol. The maximum Gasteiger partial charge on any atom is 0.191 e. The van der Waals surface area contributed by atoms with Crippen LogP contribution in [0.25, 0.3) is 11.0 Å². The topological polar surface area (TPSA) is 82.9 Å². The van der Waals surface area contributed by atoms with E-state index in [0.717, 1.165) is 47.9 Å². The molecule has 7 nitrogen and oxygen atoms in total. The van der Waals surface area contributed by atoms with Gasteiger partial charge in [-0.25, -0.2) is 4.98 Å². The average molecular weight is 495 g/mol. The van der Waals surface area contributed by atoms with Gasteiger partial charge in [-0.15, -0.1) is 24.0 Å². The predicted molar refractivity (Wildman–Crippen MR) is 126 cm³/mol. The molecule has 152 valence electrons. The number of nitrogens with zero attached hydrogens (tertiary/aromatic N) is 4. The standard InChI is InChI=1S/C20H29N7.HI/c1-13(12-16-14(2)26-27(5)15(16)3)23-20(21-4)22-11-10-19-24-17-8-6-7-9-18(17)25-19;/h6-9,13H,10-12H2,1-5H3,(H,24,25)(H2,21,22,23);1H. The highest BCUT2D eigenvalue weighted by Crippen LogP contribution is 2.14. The van der Waals surface area contributed by atoms with Gasteiger partial charge in [0.1, 0.15) is 5.82 Å². The van der Waals surface area contributed by atoms with Crippen molar-refractivity contribution >= 4 is 41.0 Å². The third kappa shape index (κ3) is 5.24. The number of guanidine groups is 1. The van der Waals surface area contributed by atoms with Gasteiger partial charge in [0.15, 0.2) is 5.96 Å². The first-order valence-corrected chi connectivity index (χ1v) is 9.37. The first-order chi connectivity index (χ1) is 13.0. The quantitative estimate of drug-likeness (QED) is 0.279. The molecule has 3 rings (SSSR count). The maximum atomic E-state index is 4.61. The number of halogens is 1. The summed E-state index contributed by atoms with van der Waals surface area (Å²) in [7, 11) is 3.78. The van der Waals surface area contributed by atoms with Crippen LogP contribution in [0.15, 0.2) is 29.3 Å². The lowest BCUT2D eigenvalue weighted by molar-refractivity contribution is 0.634. The summed E-state index contributed by atoms with van der Waals surface area (Å²) in [6.07, 6.45) is 1.72. The van der Waals surface area contributed by atoms with Crippen LogP contribution in [0, 0.1) is 13.8 Å². The van der Waals surface area contributed by atoms with Crippen LogP contribution >= 0.6 is 24.0 Å². The highest BCUT2D eigenvalue weighted by atomic mass is 127. The van der Waals surface area contributed by atoms with Crippen molar-refractivity contribution in [1.29, 1.82) is 0 Å². The Kier molecular flexibility index (Phi) is 7.85. The fourth-order valence-corrected chi connectivity index (χ4v) is 3.32. The molecular formula is C20H30IN7. The minimum absolute atomic E-state index is 0. The summed E-state index contributed by atoms with van der Waals surface area (Å²) in [6.45, 7) is 7.10. The van der Waals surface area contributed by atoms with Gasteiger partial charge in [-0.3, -0.25) is 9.67 Å². The largest absolute Gasteiger partial charge is 0.356 e. The maximum absolute atomic E-state index is 4.61. The van der Waals surface area contributed by atoms with Crippen molar-refractivity contribution < 1.29 is 0 Å². The molecule has 1 unspecified atom stereocenters. The fourth-order valence-electron chi connectivity index (χ4n) is 3.32. The van der Waals surface area contributed by atoms with E-state index >= 15 is 0 Å². The van der Waals surface area contributed by atoms with E-state index in [4.69, 9.17) is 0 Å². The number of aryl methyl sites for hydroxylation is 2. The van der Waals surface area contributed by atoms with E-state index in [2.05, 4.69) is 51.5 Å². The van der Waals surface area contributed by atoms with Crippen molar-refractivity contribution in [2.45, 2.75) is 39.7 Å². The van der Waals surface area contributed by atoms with Gasteiger partial charge < -0.3 is 15.6 Å². The highest BCUT2D eigenvalue weighted by Gasteiger charge is 2.14. The van der Waals surface area contributed by atoms with Crippen molar-refractivity contribution in [3.05, 3.63) is 47.0 Å². The SMILES string of the molecule is CN=C(NCCc1nc2ccccc2[nH]1)NC(C)Cc1c(C)nn(C)c1C.I. The number of aromatic nitrogens is 4. The van der Waals surface area contributed by atoms with Gasteiger partial charge in [-0.05, 0) is 44.9 Å². The summed E-state index contributed by atoms with van der Waals surface area (Å²) >= 11 is 0. The van der Waals surface area contributed by atoms with Crippen LogP contribution < -0.4 is 10.6 Å². The molecule has 0 aliphatic rings. The number of hydrogen-bond donors (Lipinski definition) is 3. The van der Waals surface area contributed by atoms with Crippen LogP contribution in [0.2, 0.25) is 0 Å². The molecule has 1 aromatic carbocycles. The smallest absolute Gasteiger partial charge is 0.191 e. The van der Waals surface area contributed by atoms with Crippen LogP contribution in [0.3, 0.4) is 0 Å². The second-order valence-electron chi connectivity index (χ2n) is 6.97. The molecule has 2 aromatic heterocycles. The summed E-state index contributed by atoms with van der Waals surface area (Å²) < 4.78 is 1.94. The second kappa shape index (κ2) is 9.90. The zero-order valence-electron chi connectivity index (χ0n) is 17.2. The molecule has 0 spiro atoms. The Hall–Kier alpha value is -2.10. The molecular weight excluding hydrogens is 465 g/mol. The van der Waals surface area contributed by atoms with Crippen LogP contribution in [-0.2, 0) is 19.9 Å². The number of nitrogens with one attached hydrogen (secondary N) is 3. The highest BCUT2D eigenvalue weighted by molar-refractivity contribution is 14.0. The molecule has 0 saturated heterocycles. The molecule has 8 heteroatoms. The van der Waals surface area contributed by atoms with E-state index in [9.17, 15) is 0 Å². The van der Waals surface area contributed by atoms with E-state index in [0.29, 0.717) is 0 Å². The molecule has 3 N–H and O–H groups in total. The molecule has 0 fully saturated rings. The lowest BCUT2D eigenvalue weighted by Crippen LogP contribution is -2.43. The number of aliphatic imine (C=N–C) groups is 1. The molecule has 0 aliphatic carbocycles. The number of para-hydroxylation sites is 2. The Morgan fingerprint density at radius 2 is 2.04 bits per heavy atom. The Morgan fingerprint density at radius 1 is 1.29 bits per heavy atom. The van der Waals surface area contributed by atoms with E-state index in [-0.39, 0.29) is 30.0 Å². The van der Waals surface area contributed by atoms with Crippen LogP contribution in [0.4, 0.5) is 0 Å². The van der Waals surface area contributed by atoms with Crippen molar-refractivity contribution in [2.75, 3.05) is 13.6 Å². The van der Waals surface area contributed by atoms with E-state index in [1.807, 2.05) is 36.0 Å². The summed E-state index contributed by atoms with van der Waals surface area (Å²) in [4.78, 5) is 12.3. The van der Waals surface area contributed by atoms with Crippen LogP contribution in [0.5, 0.6) is 0 Å². The number of rotatable bonds is 6. The Bertz CT molecular complexity index is 908. The fraction of sp³-hybridized carbons (Fsp3) is 0.450. The number of hydrogen-bond acceptors (Lipinski definition) is 3. The van der Waals surface area contributed by atoms with Gasteiger partial charge in [-0.2, -0.15) is 5.10 Å². The molecule has 1 atom stereocenters. The molecule has 0 amide bonds. The Labute approximate surface area is 183 Å². The summed E-state index contributed by atoms with van der Waals surface area (Å²) in [5, 5.41) is 11.3. The zero-order valence-corrected chi connectivity index (χ0v) is 19.5.